The Labute approximate surface area is 150 Å². The van der Waals surface area contributed by atoms with Gasteiger partial charge in [0.1, 0.15) is 0 Å². The number of hydrogen-bond acceptors (Lipinski definition) is 4. The first kappa shape index (κ1) is 17.2. The molecule has 0 aliphatic carbocycles. The van der Waals surface area contributed by atoms with Crippen molar-refractivity contribution in [2.45, 2.75) is 0 Å². The third-order valence-electron chi connectivity index (χ3n) is 4.07. The second kappa shape index (κ2) is 7.49. The number of hydrogen-bond donors (Lipinski definition) is 0. The summed E-state index contributed by atoms with van der Waals surface area (Å²) < 4.78 is 0. The molecule has 0 aromatic heterocycles. The zero-order valence-corrected chi connectivity index (χ0v) is 13.7. The molecule has 3 aromatic carbocycles. The molecule has 0 unspecified atom stereocenters. The van der Waals surface area contributed by atoms with Gasteiger partial charge in [0.05, 0.1) is 0 Å². The first-order valence-electron chi connectivity index (χ1n) is 7.93. The van der Waals surface area contributed by atoms with Crippen molar-refractivity contribution in [3.63, 3.8) is 0 Å². The molecule has 4 heteroatoms. The molecular weight excluding hydrogens is 328 g/mol. The summed E-state index contributed by atoms with van der Waals surface area (Å²) in [5, 5.41) is 0. The maximum Gasteiger partial charge on any atom is 0.226 e. The Morgan fingerprint density at radius 1 is 0.615 bits per heavy atom. The predicted octanol–water partition coefficient (Wildman–Crippen LogP) is 3.78. The molecule has 0 heterocycles. The van der Waals surface area contributed by atoms with Crippen LogP contribution in [0.15, 0.2) is 72.8 Å². The zero-order chi connectivity index (χ0) is 18.5. The van der Waals surface area contributed by atoms with Gasteiger partial charge in [0.25, 0.3) is 0 Å². The lowest BCUT2D eigenvalue weighted by atomic mass is 9.90. The Hall–Kier alpha value is -3.66. The van der Waals surface area contributed by atoms with Crippen molar-refractivity contribution in [1.82, 2.24) is 0 Å². The van der Waals surface area contributed by atoms with E-state index < -0.39 is 11.6 Å². The molecule has 0 aliphatic rings. The van der Waals surface area contributed by atoms with Crippen LogP contribution in [0.1, 0.15) is 20.7 Å². The summed E-state index contributed by atoms with van der Waals surface area (Å²) in [7, 11) is 0. The summed E-state index contributed by atoms with van der Waals surface area (Å²) in [6, 6.07) is 21.7. The van der Waals surface area contributed by atoms with E-state index in [0.717, 1.165) is 11.1 Å². The number of Topliss-reactive ketones (excluding diaryl/α,β-unsaturated/α-hetero) is 2. The van der Waals surface area contributed by atoms with Crippen LogP contribution in [0.25, 0.3) is 22.3 Å². The van der Waals surface area contributed by atoms with Gasteiger partial charge in [-0.15, -0.1) is 0 Å². The van der Waals surface area contributed by atoms with Crippen LogP contribution in [0.2, 0.25) is 0 Å². The van der Waals surface area contributed by atoms with Crippen LogP contribution in [-0.4, -0.2) is 24.1 Å². The summed E-state index contributed by atoms with van der Waals surface area (Å²) in [6.45, 7) is 0. The topological polar surface area (TPSA) is 68.3 Å². The standard InChI is InChI=1S/C22H14O4/c23-13-20(25)19-11-5-10-18(22(19)21(26)14-24)17-9-4-8-16(12-17)15-6-2-1-3-7-15/h1-14H. The van der Waals surface area contributed by atoms with Crippen LogP contribution < -0.4 is 0 Å². The molecule has 0 atom stereocenters. The molecule has 0 N–H and O–H groups in total. The van der Waals surface area contributed by atoms with Gasteiger partial charge in [0.2, 0.25) is 11.6 Å². The van der Waals surface area contributed by atoms with Crippen molar-refractivity contribution in [1.29, 1.82) is 0 Å². The maximum atomic E-state index is 12.2. The van der Waals surface area contributed by atoms with E-state index in [0.29, 0.717) is 11.1 Å². The molecule has 0 spiro atoms. The van der Waals surface area contributed by atoms with Crippen molar-refractivity contribution >= 4 is 24.1 Å². The summed E-state index contributed by atoms with van der Waals surface area (Å²) in [4.78, 5) is 46.1. The SMILES string of the molecule is O=CC(=O)c1cccc(-c2cccc(-c3ccccc3)c2)c1C(=O)C=O. The molecule has 3 rings (SSSR count). The van der Waals surface area contributed by atoms with Crippen LogP contribution in [0.4, 0.5) is 0 Å². The minimum absolute atomic E-state index is 0.0511. The van der Waals surface area contributed by atoms with Crippen LogP contribution in [-0.2, 0) is 9.59 Å². The monoisotopic (exact) mass is 342 g/mol. The molecule has 0 amide bonds. The minimum Gasteiger partial charge on any atom is -0.294 e. The molecular formula is C22H14O4. The molecule has 0 saturated carbocycles. The van der Waals surface area contributed by atoms with Crippen LogP contribution in [0.5, 0.6) is 0 Å². The number of carbonyl (C=O) groups excluding carboxylic acids is 4. The molecule has 126 valence electrons. The summed E-state index contributed by atoms with van der Waals surface area (Å²) >= 11 is 0. The third kappa shape index (κ3) is 3.26. The van der Waals surface area contributed by atoms with Crippen molar-refractivity contribution < 1.29 is 19.2 Å². The van der Waals surface area contributed by atoms with E-state index >= 15 is 0 Å². The normalized spacial score (nSPS) is 10.2. The lowest BCUT2D eigenvalue weighted by Crippen LogP contribution is -2.12. The van der Waals surface area contributed by atoms with E-state index in [-0.39, 0.29) is 23.7 Å². The Morgan fingerprint density at radius 2 is 1.23 bits per heavy atom. The number of rotatable bonds is 6. The summed E-state index contributed by atoms with van der Waals surface area (Å²) in [5.74, 6) is -1.67. The van der Waals surface area contributed by atoms with Gasteiger partial charge in [-0.2, -0.15) is 0 Å². The Kier molecular flexibility index (Phi) is 4.94. The van der Waals surface area contributed by atoms with E-state index in [2.05, 4.69) is 0 Å². The van der Waals surface area contributed by atoms with Gasteiger partial charge in [-0.05, 0) is 28.3 Å². The predicted molar refractivity (Wildman–Crippen MR) is 98.1 cm³/mol. The zero-order valence-electron chi connectivity index (χ0n) is 13.7. The number of ketones is 2. The number of benzene rings is 3. The van der Waals surface area contributed by atoms with Crippen molar-refractivity contribution in [3.8, 4) is 22.3 Å². The largest absolute Gasteiger partial charge is 0.294 e. The highest BCUT2D eigenvalue weighted by Crippen LogP contribution is 2.30. The third-order valence-corrected chi connectivity index (χ3v) is 4.07. The van der Waals surface area contributed by atoms with Gasteiger partial charge in [-0.1, -0.05) is 66.7 Å². The highest BCUT2D eigenvalue weighted by atomic mass is 16.2. The van der Waals surface area contributed by atoms with Gasteiger partial charge in [0, 0.05) is 11.1 Å². The molecule has 0 bridgehead atoms. The van der Waals surface area contributed by atoms with Gasteiger partial charge in [-0.25, -0.2) is 0 Å². The van der Waals surface area contributed by atoms with E-state index in [1.54, 1.807) is 18.2 Å². The van der Waals surface area contributed by atoms with Crippen LogP contribution in [0.3, 0.4) is 0 Å². The Balaban J connectivity index is 2.21. The van der Waals surface area contributed by atoms with E-state index in [1.807, 2.05) is 48.5 Å². The fourth-order valence-electron chi connectivity index (χ4n) is 2.88. The molecule has 4 nitrogen and oxygen atoms in total. The van der Waals surface area contributed by atoms with Crippen molar-refractivity contribution in [3.05, 3.63) is 83.9 Å². The van der Waals surface area contributed by atoms with E-state index in [4.69, 9.17) is 0 Å². The fourth-order valence-corrected chi connectivity index (χ4v) is 2.88. The second-order valence-corrected chi connectivity index (χ2v) is 5.64. The fraction of sp³-hybridized carbons (Fsp3) is 0. The van der Waals surface area contributed by atoms with Crippen molar-refractivity contribution in [2.75, 3.05) is 0 Å². The van der Waals surface area contributed by atoms with Gasteiger partial charge >= 0.3 is 0 Å². The van der Waals surface area contributed by atoms with Gasteiger partial charge in [-0.3, -0.25) is 19.2 Å². The Bertz CT molecular complexity index is 1000. The van der Waals surface area contributed by atoms with Crippen molar-refractivity contribution in [2.24, 2.45) is 0 Å². The quantitative estimate of drug-likeness (QED) is 0.388. The van der Waals surface area contributed by atoms with Gasteiger partial charge in [0.15, 0.2) is 12.6 Å². The van der Waals surface area contributed by atoms with E-state index in [9.17, 15) is 19.2 Å². The molecule has 0 radical (unpaired) electrons. The minimum atomic E-state index is -0.837. The Morgan fingerprint density at radius 3 is 1.92 bits per heavy atom. The summed E-state index contributed by atoms with van der Waals surface area (Å²) in [5.41, 5.74) is 2.92. The maximum absolute atomic E-state index is 12.2. The first-order valence-corrected chi connectivity index (χ1v) is 7.93. The lowest BCUT2D eigenvalue weighted by Gasteiger charge is -2.12. The summed E-state index contributed by atoms with van der Waals surface area (Å²) in [6.07, 6.45) is 0.294. The average molecular weight is 342 g/mol. The smallest absolute Gasteiger partial charge is 0.226 e. The first-order chi connectivity index (χ1) is 12.7. The average Bonchev–Trinajstić information content (AvgIpc) is 2.72. The number of aldehydes is 2. The molecule has 0 aliphatic heterocycles. The molecule has 0 saturated heterocycles. The van der Waals surface area contributed by atoms with Crippen LogP contribution >= 0.6 is 0 Å². The number of carbonyl (C=O) groups is 4. The lowest BCUT2D eigenvalue weighted by molar-refractivity contribution is -0.105. The van der Waals surface area contributed by atoms with E-state index in [1.165, 1.54) is 6.07 Å². The highest BCUT2D eigenvalue weighted by molar-refractivity contribution is 6.42. The van der Waals surface area contributed by atoms with Crippen LogP contribution in [0, 0.1) is 0 Å². The molecule has 0 fully saturated rings. The molecule has 3 aromatic rings. The highest BCUT2D eigenvalue weighted by Gasteiger charge is 2.21. The second-order valence-electron chi connectivity index (χ2n) is 5.64. The molecule has 26 heavy (non-hydrogen) atoms. The van der Waals surface area contributed by atoms with Gasteiger partial charge < -0.3 is 0 Å².